The zero-order valence-corrected chi connectivity index (χ0v) is 13.9. The van der Waals surface area contributed by atoms with Crippen LogP contribution in [-0.4, -0.2) is 35.6 Å². The van der Waals surface area contributed by atoms with Crippen LogP contribution in [0.2, 0.25) is 0 Å². The van der Waals surface area contributed by atoms with E-state index in [1.54, 1.807) is 35.8 Å². The number of ketones is 1. The van der Waals surface area contributed by atoms with E-state index in [4.69, 9.17) is 0 Å². The fraction of sp³-hybridized carbons (Fsp3) is 0.294. The second-order valence-corrected chi connectivity index (χ2v) is 8.01. The second-order valence-electron chi connectivity index (χ2n) is 5.73. The van der Waals surface area contributed by atoms with E-state index in [9.17, 15) is 23.1 Å². The Morgan fingerprint density at radius 2 is 2.00 bits per heavy atom. The minimum absolute atomic E-state index is 0.0362. The number of nitrogens with zero attached hydrogens (tertiary/aromatic N) is 1. The maximum absolute atomic E-state index is 12.7. The molecule has 1 aliphatic heterocycles. The Morgan fingerprint density at radius 1 is 1.25 bits per heavy atom. The SMILES string of the molecule is CCS(=O)(=O)c1cccc(C(=O)c2ccc3n2CCC3C(=O)O)c1. The molecule has 3 rings (SSSR count). The van der Waals surface area contributed by atoms with Crippen molar-refractivity contribution in [1.82, 2.24) is 4.57 Å². The largest absolute Gasteiger partial charge is 0.481 e. The van der Waals surface area contributed by atoms with Gasteiger partial charge in [-0.15, -0.1) is 0 Å². The Bertz CT molecular complexity index is 926. The van der Waals surface area contributed by atoms with Gasteiger partial charge in [0.05, 0.1) is 22.3 Å². The highest BCUT2D eigenvalue weighted by molar-refractivity contribution is 7.91. The highest BCUT2D eigenvalue weighted by atomic mass is 32.2. The number of aromatic nitrogens is 1. The van der Waals surface area contributed by atoms with Gasteiger partial charge in [-0.3, -0.25) is 9.59 Å². The number of sulfone groups is 1. The lowest BCUT2D eigenvalue weighted by molar-refractivity contribution is -0.138. The molecule has 24 heavy (non-hydrogen) atoms. The van der Waals surface area contributed by atoms with Gasteiger partial charge < -0.3 is 9.67 Å². The zero-order valence-electron chi connectivity index (χ0n) is 13.1. The molecule has 0 aliphatic carbocycles. The molecule has 0 saturated carbocycles. The van der Waals surface area contributed by atoms with Crippen molar-refractivity contribution in [2.24, 2.45) is 0 Å². The molecule has 2 heterocycles. The molecule has 0 saturated heterocycles. The van der Waals surface area contributed by atoms with E-state index in [1.807, 2.05) is 0 Å². The van der Waals surface area contributed by atoms with E-state index >= 15 is 0 Å². The molecular formula is C17H17NO5S. The van der Waals surface area contributed by atoms with E-state index in [1.165, 1.54) is 12.1 Å². The third kappa shape index (κ3) is 2.65. The molecule has 6 nitrogen and oxygen atoms in total. The topological polar surface area (TPSA) is 93.4 Å². The van der Waals surface area contributed by atoms with Crippen LogP contribution in [0.3, 0.4) is 0 Å². The Morgan fingerprint density at radius 3 is 2.67 bits per heavy atom. The van der Waals surface area contributed by atoms with E-state index in [2.05, 4.69) is 0 Å². The summed E-state index contributed by atoms with van der Waals surface area (Å²) < 4.78 is 25.7. The first kappa shape index (κ1) is 16.4. The molecular weight excluding hydrogens is 330 g/mol. The van der Waals surface area contributed by atoms with Crippen molar-refractivity contribution in [3.63, 3.8) is 0 Å². The van der Waals surface area contributed by atoms with Crippen molar-refractivity contribution in [3.05, 3.63) is 53.3 Å². The van der Waals surface area contributed by atoms with Crippen molar-refractivity contribution in [3.8, 4) is 0 Å². The maximum atomic E-state index is 12.7. The van der Waals surface area contributed by atoms with Crippen LogP contribution in [0.1, 0.15) is 41.0 Å². The molecule has 0 amide bonds. The van der Waals surface area contributed by atoms with Crippen molar-refractivity contribution in [2.45, 2.75) is 30.7 Å². The summed E-state index contributed by atoms with van der Waals surface area (Å²) in [6.45, 7) is 2.02. The smallest absolute Gasteiger partial charge is 0.312 e. The highest BCUT2D eigenvalue weighted by Gasteiger charge is 2.31. The van der Waals surface area contributed by atoms with Crippen molar-refractivity contribution >= 4 is 21.6 Å². The normalized spacial score (nSPS) is 16.8. The third-order valence-electron chi connectivity index (χ3n) is 4.38. The predicted octanol–water partition coefficient (Wildman–Crippen LogP) is 2.08. The van der Waals surface area contributed by atoms with Crippen molar-refractivity contribution in [2.75, 3.05) is 5.75 Å². The quantitative estimate of drug-likeness (QED) is 0.836. The highest BCUT2D eigenvalue weighted by Crippen LogP contribution is 2.31. The van der Waals surface area contributed by atoms with Crippen molar-refractivity contribution < 1.29 is 23.1 Å². The first-order valence-electron chi connectivity index (χ1n) is 7.65. The van der Waals surface area contributed by atoms with Gasteiger partial charge in [0.1, 0.15) is 0 Å². The van der Waals surface area contributed by atoms with E-state index in [0.717, 1.165) is 0 Å². The molecule has 7 heteroatoms. The summed E-state index contributed by atoms with van der Waals surface area (Å²) in [4.78, 5) is 24.1. The van der Waals surface area contributed by atoms with E-state index in [-0.39, 0.29) is 22.0 Å². The number of hydrogen-bond donors (Lipinski definition) is 1. The molecule has 0 fully saturated rings. The molecule has 0 bridgehead atoms. The van der Waals surface area contributed by atoms with Crippen LogP contribution in [0.5, 0.6) is 0 Å². The number of benzene rings is 1. The Hall–Kier alpha value is -2.41. The number of hydrogen-bond acceptors (Lipinski definition) is 4. The molecule has 1 atom stereocenters. The van der Waals surface area contributed by atoms with Crippen LogP contribution in [0.25, 0.3) is 0 Å². The van der Waals surface area contributed by atoms with Crippen LogP contribution >= 0.6 is 0 Å². The zero-order chi connectivity index (χ0) is 17.5. The minimum atomic E-state index is -3.39. The number of aliphatic carboxylic acids is 1. The van der Waals surface area contributed by atoms with Gasteiger partial charge in [-0.25, -0.2) is 8.42 Å². The summed E-state index contributed by atoms with van der Waals surface area (Å²) in [6.07, 6.45) is 0.454. The standard InChI is InChI=1S/C17H17NO5S/c1-2-24(22,23)12-5-3-4-11(10-12)16(19)15-7-6-14-13(17(20)21)8-9-18(14)15/h3-7,10,13H,2,8-9H2,1H3,(H,20,21). The lowest BCUT2D eigenvalue weighted by atomic mass is 10.1. The van der Waals surface area contributed by atoms with Gasteiger partial charge in [-0.1, -0.05) is 19.1 Å². The number of fused-ring (bicyclic) bond motifs is 1. The average molecular weight is 347 g/mol. The first-order valence-corrected chi connectivity index (χ1v) is 9.30. The molecule has 126 valence electrons. The summed E-state index contributed by atoms with van der Waals surface area (Å²) in [6, 6.07) is 9.23. The van der Waals surface area contributed by atoms with Crippen LogP contribution < -0.4 is 0 Å². The number of carbonyl (C=O) groups is 2. The van der Waals surface area contributed by atoms with Crippen molar-refractivity contribution in [1.29, 1.82) is 0 Å². The molecule has 1 aromatic carbocycles. The van der Waals surface area contributed by atoms with E-state index < -0.39 is 21.7 Å². The Kier molecular flexibility index (Phi) is 4.04. The van der Waals surface area contributed by atoms with Gasteiger partial charge in [0.15, 0.2) is 9.84 Å². The summed E-state index contributed by atoms with van der Waals surface area (Å²) in [7, 11) is -3.39. The van der Waals surface area contributed by atoms with Gasteiger partial charge in [-0.05, 0) is 30.7 Å². The van der Waals surface area contributed by atoms with Crippen LogP contribution in [0.4, 0.5) is 0 Å². The average Bonchev–Trinajstić information content (AvgIpc) is 3.15. The van der Waals surface area contributed by atoms with Crippen LogP contribution in [-0.2, 0) is 21.2 Å². The molecule has 1 aromatic heterocycles. The number of carbonyl (C=O) groups excluding carboxylic acids is 1. The summed E-state index contributed by atoms with van der Waals surface area (Å²) in [5.41, 5.74) is 1.28. The third-order valence-corrected chi connectivity index (χ3v) is 6.11. The van der Waals surface area contributed by atoms with Gasteiger partial charge in [0, 0.05) is 17.8 Å². The molecule has 1 unspecified atom stereocenters. The molecule has 2 aromatic rings. The van der Waals surface area contributed by atoms with Gasteiger partial charge in [0.25, 0.3) is 0 Å². The maximum Gasteiger partial charge on any atom is 0.312 e. The predicted molar refractivity (Wildman–Crippen MR) is 87.0 cm³/mol. The number of rotatable bonds is 5. The first-order chi connectivity index (χ1) is 11.3. The van der Waals surface area contributed by atoms with Crippen LogP contribution in [0, 0.1) is 0 Å². The lowest BCUT2D eigenvalue weighted by Gasteiger charge is -2.07. The monoisotopic (exact) mass is 347 g/mol. The lowest BCUT2D eigenvalue weighted by Crippen LogP contribution is -2.11. The Labute approximate surface area is 139 Å². The van der Waals surface area contributed by atoms with Gasteiger partial charge >= 0.3 is 5.97 Å². The Balaban J connectivity index is 1.99. The molecule has 0 spiro atoms. The molecule has 1 aliphatic rings. The van der Waals surface area contributed by atoms with Gasteiger partial charge in [-0.2, -0.15) is 0 Å². The summed E-state index contributed by atoms with van der Waals surface area (Å²) in [5, 5.41) is 9.21. The fourth-order valence-electron chi connectivity index (χ4n) is 3.04. The number of carboxylic acids is 1. The minimum Gasteiger partial charge on any atom is -0.481 e. The van der Waals surface area contributed by atoms with Crippen LogP contribution in [0.15, 0.2) is 41.3 Å². The fourth-order valence-corrected chi connectivity index (χ4v) is 3.96. The number of carboxylic acid groups (broad SMARTS) is 1. The van der Waals surface area contributed by atoms with E-state index in [0.29, 0.717) is 24.4 Å². The summed E-state index contributed by atoms with van der Waals surface area (Å²) >= 11 is 0. The van der Waals surface area contributed by atoms with Gasteiger partial charge in [0.2, 0.25) is 5.78 Å². The summed E-state index contributed by atoms with van der Waals surface area (Å²) in [5.74, 6) is -1.84. The molecule has 0 radical (unpaired) electrons. The second kappa shape index (κ2) is 5.90. The molecule has 1 N–H and O–H groups in total.